The lowest BCUT2D eigenvalue weighted by atomic mass is 10.3. The van der Waals surface area contributed by atoms with Crippen molar-refractivity contribution in [2.75, 3.05) is 0 Å². The normalized spacial score (nSPS) is 10.2. The van der Waals surface area contributed by atoms with Crippen LogP contribution in [-0.4, -0.2) is 10.2 Å². The summed E-state index contributed by atoms with van der Waals surface area (Å²) in [6.45, 7) is 0. The van der Waals surface area contributed by atoms with E-state index in [1.807, 2.05) is 6.07 Å². The smallest absolute Gasteiger partial charge is 0.239 e. The van der Waals surface area contributed by atoms with E-state index in [9.17, 15) is 0 Å². The quantitative estimate of drug-likeness (QED) is 0.826. The third-order valence-corrected chi connectivity index (χ3v) is 2.71. The van der Waals surface area contributed by atoms with Gasteiger partial charge in [-0.1, -0.05) is 39.1 Å². The maximum Gasteiger partial charge on any atom is 0.239 e. The summed E-state index contributed by atoms with van der Waals surface area (Å²) in [5.74, 6) is 0.857. The fourth-order valence-electron chi connectivity index (χ4n) is 1.03. The fraction of sp³-hybridized carbons (Fsp3) is 0. The minimum atomic E-state index is 0.314. The molecule has 0 saturated carbocycles. The summed E-state index contributed by atoms with van der Waals surface area (Å²) < 4.78 is 6.32. The van der Waals surface area contributed by atoms with Crippen LogP contribution in [0.2, 0.25) is 10.2 Å². The first-order chi connectivity index (χ1) is 7.65. The first-order valence-electron chi connectivity index (χ1n) is 4.27. The average Bonchev–Trinajstić information content (AvgIpc) is 2.25. The van der Waals surface area contributed by atoms with Crippen molar-refractivity contribution >= 4 is 39.1 Å². The van der Waals surface area contributed by atoms with Crippen LogP contribution in [0.5, 0.6) is 11.6 Å². The van der Waals surface area contributed by atoms with E-state index in [4.69, 9.17) is 27.9 Å². The Labute approximate surface area is 110 Å². The van der Waals surface area contributed by atoms with Gasteiger partial charge in [-0.25, -0.2) is 0 Å². The molecule has 0 spiro atoms. The molecular weight excluding hydrogens is 315 g/mol. The van der Waals surface area contributed by atoms with Crippen molar-refractivity contribution in [3.63, 3.8) is 0 Å². The molecule has 1 aromatic heterocycles. The molecular formula is C10H5BrCl2N2O. The summed E-state index contributed by atoms with van der Waals surface area (Å²) in [5, 5.41) is 8.23. The molecule has 0 aliphatic rings. The molecule has 0 fully saturated rings. The van der Waals surface area contributed by atoms with Gasteiger partial charge >= 0.3 is 0 Å². The van der Waals surface area contributed by atoms with Crippen LogP contribution in [0.15, 0.2) is 34.8 Å². The highest BCUT2D eigenvalue weighted by Gasteiger charge is 2.04. The van der Waals surface area contributed by atoms with E-state index < -0.39 is 0 Å². The number of hydrogen-bond donors (Lipinski definition) is 0. The summed E-state index contributed by atoms with van der Waals surface area (Å²) in [5.41, 5.74) is 0. The van der Waals surface area contributed by atoms with E-state index >= 15 is 0 Å². The van der Waals surface area contributed by atoms with E-state index in [1.54, 1.807) is 24.3 Å². The Bertz CT molecular complexity index is 505. The first-order valence-corrected chi connectivity index (χ1v) is 5.82. The molecule has 0 radical (unpaired) electrons. The Morgan fingerprint density at radius 3 is 2.50 bits per heavy atom. The van der Waals surface area contributed by atoms with Crippen molar-refractivity contribution in [3.8, 4) is 11.6 Å². The van der Waals surface area contributed by atoms with Crippen molar-refractivity contribution in [1.82, 2.24) is 10.2 Å². The number of aromatic nitrogens is 2. The lowest BCUT2D eigenvalue weighted by Gasteiger charge is -2.05. The molecule has 16 heavy (non-hydrogen) atoms. The lowest BCUT2D eigenvalue weighted by molar-refractivity contribution is 0.455. The zero-order valence-electron chi connectivity index (χ0n) is 7.82. The largest absolute Gasteiger partial charge is 0.436 e. The van der Waals surface area contributed by atoms with E-state index in [0.29, 0.717) is 21.8 Å². The Morgan fingerprint density at radius 2 is 1.88 bits per heavy atom. The minimum Gasteiger partial charge on any atom is -0.436 e. The Balaban J connectivity index is 2.23. The molecule has 0 amide bonds. The van der Waals surface area contributed by atoms with Gasteiger partial charge in [-0.2, -0.15) is 0 Å². The van der Waals surface area contributed by atoms with Crippen LogP contribution in [0, 0.1) is 0 Å². The summed E-state index contributed by atoms with van der Waals surface area (Å²) in [6.07, 6.45) is 0. The van der Waals surface area contributed by atoms with Crippen LogP contribution < -0.4 is 4.74 Å². The molecule has 0 aliphatic heterocycles. The number of nitrogens with zero attached hydrogens (tertiary/aromatic N) is 2. The zero-order chi connectivity index (χ0) is 11.5. The van der Waals surface area contributed by atoms with Gasteiger partial charge in [-0.3, -0.25) is 0 Å². The number of benzene rings is 1. The molecule has 0 atom stereocenters. The number of ether oxygens (including phenoxy) is 1. The molecule has 0 N–H and O–H groups in total. The molecule has 3 nitrogen and oxygen atoms in total. The van der Waals surface area contributed by atoms with Gasteiger partial charge in [0, 0.05) is 10.5 Å². The predicted molar refractivity (Wildman–Crippen MR) is 66.3 cm³/mol. The topological polar surface area (TPSA) is 35.0 Å². The van der Waals surface area contributed by atoms with Gasteiger partial charge in [-0.05, 0) is 24.3 Å². The van der Waals surface area contributed by atoms with Crippen LogP contribution >= 0.6 is 39.1 Å². The second-order valence-corrected chi connectivity index (χ2v) is 4.58. The SMILES string of the molecule is Clc1ccc(Oc2ccc(Br)cc2Cl)nn1. The summed E-state index contributed by atoms with van der Waals surface area (Å²) in [4.78, 5) is 0. The maximum atomic E-state index is 5.98. The predicted octanol–water partition coefficient (Wildman–Crippen LogP) is 4.34. The van der Waals surface area contributed by atoms with Gasteiger partial charge in [0.25, 0.3) is 0 Å². The van der Waals surface area contributed by atoms with E-state index in [1.165, 1.54) is 0 Å². The average molecular weight is 320 g/mol. The molecule has 0 unspecified atom stereocenters. The Morgan fingerprint density at radius 1 is 1.06 bits per heavy atom. The number of hydrogen-bond acceptors (Lipinski definition) is 3. The standard InChI is InChI=1S/C10H5BrCl2N2O/c11-6-1-2-8(7(12)5-6)16-10-4-3-9(13)14-15-10/h1-5H. The molecule has 1 aromatic carbocycles. The van der Waals surface area contributed by atoms with Crippen LogP contribution in [0.1, 0.15) is 0 Å². The summed E-state index contributed by atoms with van der Waals surface area (Å²) in [6, 6.07) is 8.51. The van der Waals surface area contributed by atoms with E-state index in [0.717, 1.165) is 4.47 Å². The second-order valence-electron chi connectivity index (χ2n) is 2.87. The van der Waals surface area contributed by atoms with Crippen LogP contribution in [0.4, 0.5) is 0 Å². The van der Waals surface area contributed by atoms with Gasteiger partial charge in [0.1, 0.15) is 5.75 Å². The van der Waals surface area contributed by atoms with Gasteiger partial charge < -0.3 is 4.74 Å². The molecule has 82 valence electrons. The summed E-state index contributed by atoms with van der Waals surface area (Å²) in [7, 11) is 0. The highest BCUT2D eigenvalue weighted by atomic mass is 79.9. The number of rotatable bonds is 2. The van der Waals surface area contributed by atoms with Crippen molar-refractivity contribution in [1.29, 1.82) is 0 Å². The van der Waals surface area contributed by atoms with E-state index in [-0.39, 0.29) is 0 Å². The maximum absolute atomic E-state index is 5.98. The second kappa shape index (κ2) is 4.99. The molecule has 6 heteroatoms. The van der Waals surface area contributed by atoms with Gasteiger partial charge in [0.2, 0.25) is 5.88 Å². The molecule has 2 rings (SSSR count). The summed E-state index contributed by atoms with van der Waals surface area (Å²) >= 11 is 14.9. The van der Waals surface area contributed by atoms with Crippen LogP contribution in [0.3, 0.4) is 0 Å². The van der Waals surface area contributed by atoms with Crippen LogP contribution in [0.25, 0.3) is 0 Å². The molecule has 0 bridgehead atoms. The Kier molecular flexibility index (Phi) is 3.63. The highest BCUT2D eigenvalue weighted by Crippen LogP contribution is 2.30. The van der Waals surface area contributed by atoms with Crippen LogP contribution in [-0.2, 0) is 0 Å². The molecule has 2 aromatic rings. The lowest BCUT2D eigenvalue weighted by Crippen LogP contribution is -1.90. The monoisotopic (exact) mass is 318 g/mol. The molecule has 1 heterocycles. The molecule has 0 saturated heterocycles. The molecule has 0 aliphatic carbocycles. The van der Waals surface area contributed by atoms with Crippen molar-refractivity contribution < 1.29 is 4.74 Å². The zero-order valence-corrected chi connectivity index (χ0v) is 10.9. The van der Waals surface area contributed by atoms with Gasteiger partial charge in [-0.15, -0.1) is 10.2 Å². The number of halogens is 3. The van der Waals surface area contributed by atoms with Crippen molar-refractivity contribution in [2.45, 2.75) is 0 Å². The third kappa shape index (κ3) is 2.84. The van der Waals surface area contributed by atoms with Gasteiger partial charge in [0.15, 0.2) is 5.15 Å². The highest BCUT2D eigenvalue weighted by molar-refractivity contribution is 9.10. The minimum absolute atomic E-state index is 0.314. The first kappa shape index (κ1) is 11.6. The van der Waals surface area contributed by atoms with Crippen molar-refractivity contribution in [2.24, 2.45) is 0 Å². The fourth-order valence-corrected chi connectivity index (χ4v) is 1.84. The van der Waals surface area contributed by atoms with Gasteiger partial charge in [0.05, 0.1) is 5.02 Å². The van der Waals surface area contributed by atoms with Crippen molar-refractivity contribution in [3.05, 3.63) is 45.0 Å². The Hall–Kier alpha value is -0.840. The third-order valence-electron chi connectivity index (χ3n) is 1.72. The van der Waals surface area contributed by atoms with E-state index in [2.05, 4.69) is 26.1 Å².